The molecule has 1 rings (SSSR count). The fourth-order valence-electron chi connectivity index (χ4n) is 2.17. The molecule has 0 saturated carbocycles. The maximum atomic E-state index is 12.2. The third-order valence-corrected chi connectivity index (χ3v) is 4.87. The molecule has 0 spiro atoms. The maximum absolute atomic E-state index is 12.2. The fourth-order valence-corrected chi connectivity index (χ4v) is 2.91. The van der Waals surface area contributed by atoms with Gasteiger partial charge in [-0.3, -0.25) is 19.3 Å². The summed E-state index contributed by atoms with van der Waals surface area (Å²) in [5.74, 6) is -1.69. The molecule has 0 bridgehead atoms. The Bertz CT molecular complexity index is 492. The van der Waals surface area contributed by atoms with E-state index in [0.717, 1.165) is 16.7 Å². The molecule has 1 fully saturated rings. The summed E-state index contributed by atoms with van der Waals surface area (Å²) in [6, 6.07) is -0.361. The summed E-state index contributed by atoms with van der Waals surface area (Å²) in [7, 11) is 1.57. The summed E-state index contributed by atoms with van der Waals surface area (Å²) < 4.78 is 0. The molecular weight excluding hydrogens is 308 g/mol. The number of urea groups is 1. The molecule has 0 aromatic heterocycles. The predicted octanol–water partition coefficient (Wildman–Crippen LogP) is 1.42. The monoisotopic (exact) mass is 330 g/mol. The largest absolute Gasteiger partial charge is 0.481 e. The Morgan fingerprint density at radius 3 is 2.32 bits per heavy atom. The van der Waals surface area contributed by atoms with Crippen LogP contribution in [0.3, 0.4) is 0 Å². The first-order chi connectivity index (χ1) is 10.1. The first-order valence-electron chi connectivity index (χ1n) is 7.05. The van der Waals surface area contributed by atoms with E-state index in [1.165, 1.54) is 11.8 Å². The quantitative estimate of drug-likeness (QED) is 0.709. The lowest BCUT2D eigenvalue weighted by atomic mass is 10.0. The van der Waals surface area contributed by atoms with Gasteiger partial charge in [0.2, 0.25) is 0 Å². The first-order valence-corrected chi connectivity index (χ1v) is 8.03. The summed E-state index contributed by atoms with van der Waals surface area (Å²) in [4.78, 5) is 48.8. The van der Waals surface area contributed by atoms with E-state index in [1.54, 1.807) is 20.9 Å². The van der Waals surface area contributed by atoms with Gasteiger partial charge in [0.15, 0.2) is 5.12 Å². The number of rotatable bonds is 7. The average Bonchev–Trinajstić information content (AvgIpc) is 2.56. The van der Waals surface area contributed by atoms with E-state index in [9.17, 15) is 19.2 Å². The summed E-state index contributed by atoms with van der Waals surface area (Å²) >= 11 is 0.976. The molecule has 22 heavy (non-hydrogen) atoms. The normalized spacial score (nSPS) is 18.7. The standard InChI is InChI=1S/C14H22N2O5S/c1-9(17)22-8-10(11(18)19)6-5-7-16-12(20)14(2,3)15(4)13(16)21/h10H,5-8H2,1-4H3,(H,18,19). The van der Waals surface area contributed by atoms with Crippen molar-refractivity contribution in [2.75, 3.05) is 19.3 Å². The molecule has 1 atom stereocenters. The van der Waals surface area contributed by atoms with Crippen LogP contribution < -0.4 is 0 Å². The van der Waals surface area contributed by atoms with Gasteiger partial charge < -0.3 is 10.0 Å². The number of carboxylic acids is 1. The fraction of sp³-hybridized carbons (Fsp3) is 0.714. The number of hydrogen-bond acceptors (Lipinski definition) is 5. The molecular formula is C14H22N2O5S. The molecule has 1 saturated heterocycles. The Morgan fingerprint density at radius 2 is 1.91 bits per heavy atom. The number of hydrogen-bond donors (Lipinski definition) is 1. The highest BCUT2D eigenvalue weighted by atomic mass is 32.2. The molecule has 0 radical (unpaired) electrons. The second-order valence-electron chi connectivity index (χ2n) is 5.84. The molecule has 0 aliphatic carbocycles. The lowest BCUT2D eigenvalue weighted by Gasteiger charge is -2.22. The van der Waals surface area contributed by atoms with E-state index in [4.69, 9.17) is 5.11 Å². The van der Waals surface area contributed by atoms with E-state index in [-0.39, 0.29) is 29.4 Å². The SMILES string of the molecule is CC(=O)SCC(CCCN1C(=O)N(C)C(C)(C)C1=O)C(=O)O. The first kappa shape index (κ1) is 18.5. The molecule has 0 aromatic rings. The van der Waals surface area contributed by atoms with Gasteiger partial charge in [0.25, 0.3) is 5.91 Å². The van der Waals surface area contributed by atoms with E-state index < -0.39 is 17.4 Å². The Morgan fingerprint density at radius 1 is 1.32 bits per heavy atom. The number of thioether (sulfide) groups is 1. The minimum absolute atomic E-state index is 0.125. The molecule has 8 heteroatoms. The second kappa shape index (κ2) is 7.13. The van der Waals surface area contributed by atoms with E-state index >= 15 is 0 Å². The van der Waals surface area contributed by atoms with Crippen molar-refractivity contribution in [3.63, 3.8) is 0 Å². The molecule has 1 aliphatic heterocycles. The number of carboxylic acid groups (broad SMARTS) is 1. The van der Waals surface area contributed by atoms with Crippen molar-refractivity contribution in [1.82, 2.24) is 9.80 Å². The molecule has 1 heterocycles. The van der Waals surface area contributed by atoms with Gasteiger partial charge >= 0.3 is 12.0 Å². The summed E-state index contributed by atoms with van der Waals surface area (Å²) in [5.41, 5.74) is -0.867. The molecule has 7 nitrogen and oxygen atoms in total. The van der Waals surface area contributed by atoms with Gasteiger partial charge in [-0.2, -0.15) is 0 Å². The number of likely N-dealkylation sites (N-methyl/N-ethyl adjacent to an activating group) is 1. The Kier molecular flexibility index (Phi) is 5.99. The van der Waals surface area contributed by atoms with Crippen LogP contribution >= 0.6 is 11.8 Å². The van der Waals surface area contributed by atoms with E-state index in [1.807, 2.05) is 0 Å². The van der Waals surface area contributed by atoms with Gasteiger partial charge in [0, 0.05) is 26.3 Å². The van der Waals surface area contributed by atoms with Crippen LogP contribution in [0.4, 0.5) is 4.79 Å². The van der Waals surface area contributed by atoms with Crippen LogP contribution in [0, 0.1) is 5.92 Å². The number of amides is 3. The molecule has 1 unspecified atom stereocenters. The third-order valence-electron chi connectivity index (χ3n) is 3.90. The summed E-state index contributed by atoms with van der Waals surface area (Å²) in [5, 5.41) is 9.00. The third kappa shape index (κ3) is 4.00. The summed E-state index contributed by atoms with van der Waals surface area (Å²) in [6.07, 6.45) is 0.716. The summed E-state index contributed by atoms with van der Waals surface area (Å²) in [6.45, 7) is 4.94. The van der Waals surface area contributed by atoms with Gasteiger partial charge in [-0.25, -0.2) is 4.79 Å². The van der Waals surface area contributed by atoms with Crippen LogP contribution in [-0.2, 0) is 14.4 Å². The minimum atomic E-state index is -0.967. The zero-order valence-electron chi connectivity index (χ0n) is 13.3. The van der Waals surface area contributed by atoms with Crippen LogP contribution in [0.5, 0.6) is 0 Å². The van der Waals surface area contributed by atoms with E-state index in [0.29, 0.717) is 12.8 Å². The predicted molar refractivity (Wildman–Crippen MR) is 82.4 cm³/mol. The van der Waals surface area contributed by atoms with Crippen LogP contribution in [-0.4, -0.2) is 62.8 Å². The zero-order valence-corrected chi connectivity index (χ0v) is 14.1. The van der Waals surface area contributed by atoms with Gasteiger partial charge in [-0.05, 0) is 26.7 Å². The van der Waals surface area contributed by atoms with Crippen molar-refractivity contribution < 1.29 is 24.3 Å². The lowest BCUT2D eigenvalue weighted by molar-refractivity contribution is -0.141. The number of nitrogens with zero attached hydrogens (tertiary/aromatic N) is 2. The number of aliphatic carboxylic acids is 1. The van der Waals surface area contributed by atoms with Crippen molar-refractivity contribution in [3.8, 4) is 0 Å². The zero-order chi connectivity index (χ0) is 17.1. The van der Waals surface area contributed by atoms with Crippen molar-refractivity contribution in [2.24, 2.45) is 5.92 Å². The highest BCUT2D eigenvalue weighted by molar-refractivity contribution is 8.13. The number of imide groups is 1. The van der Waals surface area contributed by atoms with Gasteiger partial charge in [-0.1, -0.05) is 11.8 Å². The average molecular weight is 330 g/mol. The molecule has 1 aliphatic rings. The minimum Gasteiger partial charge on any atom is -0.481 e. The Balaban J connectivity index is 2.55. The van der Waals surface area contributed by atoms with Crippen LogP contribution in [0.15, 0.2) is 0 Å². The van der Waals surface area contributed by atoms with E-state index in [2.05, 4.69) is 0 Å². The lowest BCUT2D eigenvalue weighted by Crippen LogP contribution is -2.41. The molecule has 3 amide bonds. The van der Waals surface area contributed by atoms with Crippen LogP contribution in [0.1, 0.15) is 33.6 Å². The molecule has 1 N–H and O–H groups in total. The van der Waals surface area contributed by atoms with Gasteiger partial charge in [-0.15, -0.1) is 0 Å². The van der Waals surface area contributed by atoms with Crippen molar-refractivity contribution >= 4 is 34.8 Å². The Hall–Kier alpha value is -1.57. The van der Waals surface area contributed by atoms with Crippen molar-refractivity contribution in [1.29, 1.82) is 0 Å². The molecule has 0 aromatic carbocycles. The second-order valence-corrected chi connectivity index (χ2v) is 7.03. The van der Waals surface area contributed by atoms with Crippen molar-refractivity contribution in [3.05, 3.63) is 0 Å². The van der Waals surface area contributed by atoms with Gasteiger partial charge in [0.1, 0.15) is 5.54 Å². The van der Waals surface area contributed by atoms with Crippen LogP contribution in [0.25, 0.3) is 0 Å². The highest BCUT2D eigenvalue weighted by Gasteiger charge is 2.48. The topological polar surface area (TPSA) is 95.0 Å². The number of carbonyl (C=O) groups excluding carboxylic acids is 3. The van der Waals surface area contributed by atoms with Crippen molar-refractivity contribution in [2.45, 2.75) is 39.2 Å². The highest BCUT2D eigenvalue weighted by Crippen LogP contribution is 2.26. The molecule has 124 valence electrons. The van der Waals surface area contributed by atoms with Crippen LogP contribution in [0.2, 0.25) is 0 Å². The smallest absolute Gasteiger partial charge is 0.327 e. The maximum Gasteiger partial charge on any atom is 0.327 e. The number of carbonyl (C=O) groups is 4. The van der Waals surface area contributed by atoms with Gasteiger partial charge in [0.05, 0.1) is 5.92 Å². The Labute approximate surface area is 134 Å².